The van der Waals surface area contributed by atoms with Crippen LogP contribution in [0.3, 0.4) is 0 Å². The Morgan fingerprint density at radius 3 is 2.62 bits per heavy atom. The van der Waals surface area contributed by atoms with E-state index in [-0.39, 0.29) is 10.9 Å². The predicted octanol–water partition coefficient (Wildman–Crippen LogP) is 2.96. The summed E-state index contributed by atoms with van der Waals surface area (Å²) in [5.74, 6) is 0. The molecule has 2 aromatic rings. The van der Waals surface area contributed by atoms with Crippen LogP contribution in [-0.2, 0) is 10.0 Å². The number of hydrogen-bond acceptors (Lipinski definition) is 5. The van der Waals surface area contributed by atoms with Crippen LogP contribution in [0.2, 0.25) is 0 Å². The van der Waals surface area contributed by atoms with Gasteiger partial charge in [0.05, 0.1) is 11.7 Å². The molecule has 114 valence electrons. The third-order valence-electron chi connectivity index (χ3n) is 3.13. The second-order valence-electron chi connectivity index (χ2n) is 4.76. The van der Waals surface area contributed by atoms with Gasteiger partial charge in [-0.1, -0.05) is 19.1 Å². The largest absolute Gasteiger partial charge is 0.375 e. The third-order valence-corrected chi connectivity index (χ3v) is 5.90. The first-order valence-electron chi connectivity index (χ1n) is 6.64. The van der Waals surface area contributed by atoms with Crippen LogP contribution in [-0.4, -0.2) is 31.8 Å². The number of nitrogens with zero attached hydrogens (tertiary/aromatic N) is 2. The average Bonchev–Trinajstić information content (AvgIpc) is 2.99. The van der Waals surface area contributed by atoms with Gasteiger partial charge in [0.2, 0.25) is 10.0 Å². The van der Waals surface area contributed by atoms with Gasteiger partial charge in [-0.2, -0.15) is 0 Å². The fraction of sp³-hybridized carbons (Fsp3) is 0.357. The number of thiazole rings is 1. The Bertz CT molecular complexity index is 682. The number of nitrogens with one attached hydrogen (secondary N) is 1. The smallest absolute Gasteiger partial charge is 0.244 e. The van der Waals surface area contributed by atoms with E-state index < -0.39 is 10.0 Å². The van der Waals surface area contributed by atoms with Gasteiger partial charge in [-0.25, -0.2) is 17.7 Å². The number of aromatic nitrogens is 1. The highest BCUT2D eigenvalue weighted by molar-refractivity contribution is 7.89. The predicted molar refractivity (Wildman–Crippen MR) is 86.1 cm³/mol. The van der Waals surface area contributed by atoms with Gasteiger partial charge in [0.1, 0.15) is 9.90 Å². The van der Waals surface area contributed by atoms with Crippen molar-refractivity contribution in [1.82, 2.24) is 9.29 Å². The van der Waals surface area contributed by atoms with Crippen LogP contribution < -0.4 is 5.32 Å². The summed E-state index contributed by atoms with van der Waals surface area (Å²) >= 11 is 1.56. The van der Waals surface area contributed by atoms with Crippen molar-refractivity contribution in [2.75, 3.05) is 19.4 Å². The fourth-order valence-electron chi connectivity index (χ4n) is 1.94. The third kappa shape index (κ3) is 3.42. The summed E-state index contributed by atoms with van der Waals surface area (Å²) in [6, 6.07) is 6.96. The van der Waals surface area contributed by atoms with Crippen LogP contribution in [0.15, 0.2) is 40.7 Å². The molecule has 0 saturated heterocycles. The maximum Gasteiger partial charge on any atom is 0.244 e. The molecule has 1 heterocycles. The molecule has 0 saturated carbocycles. The van der Waals surface area contributed by atoms with Gasteiger partial charge in [0.15, 0.2) is 0 Å². The maximum absolute atomic E-state index is 12.4. The van der Waals surface area contributed by atoms with Crippen LogP contribution in [0.1, 0.15) is 24.4 Å². The minimum absolute atomic E-state index is 0.00325. The topological polar surface area (TPSA) is 62.3 Å². The van der Waals surface area contributed by atoms with Gasteiger partial charge in [-0.05, 0) is 18.6 Å². The van der Waals surface area contributed by atoms with E-state index in [0.29, 0.717) is 5.69 Å². The van der Waals surface area contributed by atoms with E-state index in [2.05, 4.69) is 10.3 Å². The minimum atomic E-state index is -3.48. The highest BCUT2D eigenvalue weighted by atomic mass is 32.2. The average molecular weight is 325 g/mol. The Morgan fingerprint density at radius 1 is 1.33 bits per heavy atom. The molecule has 1 N–H and O–H groups in total. The van der Waals surface area contributed by atoms with E-state index in [1.807, 2.05) is 18.4 Å². The molecule has 0 amide bonds. The molecular weight excluding hydrogens is 306 g/mol. The number of benzene rings is 1. The number of sulfonamides is 1. The SMILES string of the molecule is CCC(Nc1ccccc1S(=O)(=O)N(C)C)c1nccs1. The quantitative estimate of drug-likeness (QED) is 0.887. The van der Waals surface area contributed by atoms with E-state index >= 15 is 0 Å². The molecule has 0 aliphatic carbocycles. The van der Waals surface area contributed by atoms with Crippen LogP contribution in [0.25, 0.3) is 0 Å². The van der Waals surface area contributed by atoms with Gasteiger partial charge in [-0.3, -0.25) is 0 Å². The molecule has 1 atom stereocenters. The van der Waals surface area contributed by atoms with E-state index in [4.69, 9.17) is 0 Å². The number of hydrogen-bond donors (Lipinski definition) is 1. The van der Waals surface area contributed by atoms with E-state index in [9.17, 15) is 8.42 Å². The first kappa shape index (κ1) is 15.9. The fourth-order valence-corrected chi connectivity index (χ4v) is 3.76. The van der Waals surface area contributed by atoms with Gasteiger partial charge in [-0.15, -0.1) is 11.3 Å². The summed E-state index contributed by atoms with van der Waals surface area (Å²) in [5.41, 5.74) is 0.605. The summed E-state index contributed by atoms with van der Waals surface area (Å²) in [6.45, 7) is 2.04. The Hall–Kier alpha value is -1.44. The molecule has 21 heavy (non-hydrogen) atoms. The zero-order chi connectivity index (χ0) is 15.5. The van der Waals surface area contributed by atoms with Gasteiger partial charge in [0.25, 0.3) is 0 Å². The molecule has 0 fully saturated rings. The lowest BCUT2D eigenvalue weighted by atomic mass is 10.2. The molecule has 5 nitrogen and oxygen atoms in total. The first-order valence-corrected chi connectivity index (χ1v) is 8.96. The van der Waals surface area contributed by atoms with Crippen molar-refractivity contribution in [2.45, 2.75) is 24.3 Å². The maximum atomic E-state index is 12.4. The van der Waals surface area contributed by atoms with E-state index in [0.717, 1.165) is 11.4 Å². The van der Waals surface area contributed by atoms with Crippen LogP contribution in [0.4, 0.5) is 5.69 Å². The first-order chi connectivity index (χ1) is 9.96. The van der Waals surface area contributed by atoms with Crippen molar-refractivity contribution in [1.29, 1.82) is 0 Å². The lowest BCUT2D eigenvalue weighted by Gasteiger charge is -2.20. The van der Waals surface area contributed by atoms with Crippen molar-refractivity contribution < 1.29 is 8.42 Å². The normalized spacial score (nSPS) is 13.3. The van der Waals surface area contributed by atoms with Crippen LogP contribution in [0.5, 0.6) is 0 Å². The molecule has 0 aliphatic heterocycles. The Labute approximate surface area is 129 Å². The summed E-state index contributed by atoms with van der Waals surface area (Å²) in [7, 11) is -0.412. The lowest BCUT2D eigenvalue weighted by molar-refractivity contribution is 0.521. The molecule has 0 aliphatic rings. The molecule has 1 aromatic heterocycles. The molecule has 0 spiro atoms. The van der Waals surface area contributed by atoms with Crippen molar-refractivity contribution >= 4 is 27.0 Å². The van der Waals surface area contributed by atoms with Gasteiger partial charge >= 0.3 is 0 Å². The van der Waals surface area contributed by atoms with E-state index in [1.54, 1.807) is 35.7 Å². The molecule has 1 aromatic carbocycles. The summed E-state index contributed by atoms with van der Waals surface area (Å²) < 4.78 is 26.0. The van der Waals surface area contributed by atoms with Gasteiger partial charge in [0, 0.05) is 25.7 Å². The summed E-state index contributed by atoms with van der Waals surface area (Å²) in [6.07, 6.45) is 2.58. The van der Waals surface area contributed by atoms with Gasteiger partial charge < -0.3 is 5.32 Å². The minimum Gasteiger partial charge on any atom is -0.375 e. The second kappa shape index (κ2) is 6.55. The van der Waals surface area contributed by atoms with Crippen molar-refractivity contribution in [3.05, 3.63) is 40.8 Å². The molecule has 1 unspecified atom stereocenters. The lowest BCUT2D eigenvalue weighted by Crippen LogP contribution is -2.23. The Balaban J connectivity index is 2.37. The second-order valence-corrected chi connectivity index (χ2v) is 7.81. The highest BCUT2D eigenvalue weighted by Gasteiger charge is 2.22. The van der Waals surface area contributed by atoms with Crippen molar-refractivity contribution in [3.63, 3.8) is 0 Å². The number of rotatable bonds is 6. The summed E-state index contributed by atoms with van der Waals surface area (Å²) in [5, 5.41) is 6.17. The van der Waals surface area contributed by atoms with Crippen molar-refractivity contribution in [3.8, 4) is 0 Å². The standard InChI is InChI=1S/C14H19N3O2S2/c1-4-11(14-15-9-10-20-14)16-12-7-5-6-8-13(12)21(18,19)17(2)3/h5-11,16H,4H2,1-3H3. The summed E-state index contributed by atoms with van der Waals surface area (Å²) in [4.78, 5) is 4.59. The number of anilines is 1. The highest BCUT2D eigenvalue weighted by Crippen LogP contribution is 2.29. The van der Waals surface area contributed by atoms with Crippen molar-refractivity contribution in [2.24, 2.45) is 0 Å². The number of para-hydroxylation sites is 1. The molecule has 2 rings (SSSR count). The Morgan fingerprint density at radius 2 is 2.05 bits per heavy atom. The van der Waals surface area contributed by atoms with E-state index in [1.165, 1.54) is 18.4 Å². The van der Waals surface area contributed by atoms with Crippen LogP contribution in [0, 0.1) is 0 Å². The molecule has 7 heteroatoms. The van der Waals surface area contributed by atoms with Crippen LogP contribution >= 0.6 is 11.3 Å². The Kier molecular flexibility index (Phi) is 4.97. The molecule has 0 bridgehead atoms. The zero-order valence-electron chi connectivity index (χ0n) is 12.3. The molecular formula is C14H19N3O2S2. The molecule has 0 radical (unpaired) electrons. The zero-order valence-corrected chi connectivity index (χ0v) is 13.9. The monoisotopic (exact) mass is 325 g/mol.